The van der Waals surface area contributed by atoms with Gasteiger partial charge in [-0.1, -0.05) is 18.2 Å². The smallest absolute Gasteiger partial charge is 0.420 e. The van der Waals surface area contributed by atoms with Crippen molar-refractivity contribution in [1.82, 2.24) is 0 Å². The van der Waals surface area contributed by atoms with Crippen molar-refractivity contribution in [3.63, 3.8) is 0 Å². The van der Waals surface area contributed by atoms with Crippen LogP contribution in [0.1, 0.15) is 12.5 Å². The van der Waals surface area contributed by atoms with Gasteiger partial charge in [-0.05, 0) is 13.0 Å². The summed E-state index contributed by atoms with van der Waals surface area (Å²) in [6.45, 7) is 0.761. The fourth-order valence-electron chi connectivity index (χ4n) is 2.09. The zero-order valence-electron chi connectivity index (χ0n) is 10.1. The second-order valence-electron chi connectivity index (χ2n) is 4.25. The average molecular weight is 273 g/mol. The van der Waals surface area contributed by atoms with E-state index in [0.717, 1.165) is 14.0 Å². The molecular weight excluding hydrogens is 263 g/mol. The van der Waals surface area contributed by atoms with E-state index in [1.807, 2.05) is 0 Å². The van der Waals surface area contributed by atoms with Gasteiger partial charge in [0.05, 0.1) is 12.8 Å². The van der Waals surface area contributed by atoms with Crippen molar-refractivity contribution in [1.29, 1.82) is 0 Å². The Morgan fingerprint density at radius 2 is 1.89 bits per heavy atom. The maximum atomic E-state index is 13.2. The number of alkyl halides is 3. The number of nitrogens with zero attached hydrogens (tertiary/aromatic N) is 1. The molecule has 102 valence electrons. The molecule has 4 nitrogen and oxygen atoms in total. The van der Waals surface area contributed by atoms with Crippen molar-refractivity contribution in [2.75, 3.05) is 12.0 Å². The lowest BCUT2D eigenvalue weighted by atomic mass is 9.83. The Hall–Kier alpha value is -2.05. The van der Waals surface area contributed by atoms with Crippen molar-refractivity contribution < 1.29 is 27.5 Å². The number of rotatable bonds is 0. The van der Waals surface area contributed by atoms with Gasteiger partial charge in [-0.25, -0.2) is 9.69 Å². The highest BCUT2D eigenvalue weighted by molar-refractivity contribution is 6.21. The van der Waals surface area contributed by atoms with Gasteiger partial charge < -0.3 is 4.74 Å². The Bertz CT molecular complexity index is 555. The molecule has 0 aliphatic carbocycles. The first kappa shape index (κ1) is 13.4. The molecule has 2 amide bonds. The lowest BCUT2D eigenvalue weighted by Gasteiger charge is -2.26. The van der Waals surface area contributed by atoms with Crippen LogP contribution in [0.3, 0.4) is 0 Å². The van der Waals surface area contributed by atoms with Crippen LogP contribution in [-0.2, 0) is 14.9 Å². The summed E-state index contributed by atoms with van der Waals surface area (Å²) in [5, 5.41) is 0. The number of fused-ring (bicyclic) bond motifs is 1. The molecule has 2 rings (SSSR count). The molecule has 1 aliphatic rings. The molecule has 0 radical (unpaired) electrons. The van der Waals surface area contributed by atoms with E-state index in [0.29, 0.717) is 4.90 Å². The Morgan fingerprint density at radius 3 is 2.42 bits per heavy atom. The molecule has 0 N–H and O–H groups in total. The van der Waals surface area contributed by atoms with Gasteiger partial charge >= 0.3 is 12.3 Å². The number of para-hydroxylation sites is 1. The number of amides is 2. The zero-order valence-corrected chi connectivity index (χ0v) is 10.1. The maximum absolute atomic E-state index is 13.2. The molecule has 7 heteroatoms. The first-order chi connectivity index (χ1) is 8.75. The number of hydrogen-bond acceptors (Lipinski definition) is 3. The molecule has 0 bridgehead atoms. The summed E-state index contributed by atoms with van der Waals surface area (Å²) in [6, 6.07) is 5.30. The lowest BCUT2D eigenvalue weighted by molar-refractivity contribution is -0.187. The SMILES string of the molecule is COC(=O)N1C(=O)C(C)(C(F)(F)F)c2ccccc21. The van der Waals surface area contributed by atoms with Crippen LogP contribution in [0.4, 0.5) is 23.7 Å². The number of hydrogen-bond donors (Lipinski definition) is 0. The Balaban J connectivity index is 2.70. The van der Waals surface area contributed by atoms with Crippen LogP contribution < -0.4 is 4.90 Å². The van der Waals surface area contributed by atoms with Crippen LogP contribution in [0, 0.1) is 0 Å². The summed E-state index contributed by atoms with van der Waals surface area (Å²) < 4.78 is 44.0. The van der Waals surface area contributed by atoms with Crippen molar-refractivity contribution in [2.45, 2.75) is 18.5 Å². The maximum Gasteiger partial charge on any atom is 0.420 e. The Kier molecular flexibility index (Phi) is 2.80. The first-order valence-corrected chi connectivity index (χ1v) is 5.34. The minimum Gasteiger partial charge on any atom is -0.452 e. The van der Waals surface area contributed by atoms with E-state index in [9.17, 15) is 22.8 Å². The number of imide groups is 1. The van der Waals surface area contributed by atoms with Gasteiger partial charge in [-0.3, -0.25) is 4.79 Å². The molecular formula is C12H10F3NO3. The molecule has 0 saturated carbocycles. The monoisotopic (exact) mass is 273 g/mol. The number of carbonyl (C=O) groups is 2. The number of anilines is 1. The standard InChI is InChI=1S/C12H10F3NO3/c1-11(12(13,14)15)7-5-3-4-6-8(7)16(9(11)17)10(18)19-2/h3-6H,1-2H3. The summed E-state index contributed by atoms with van der Waals surface area (Å²) in [4.78, 5) is 24.0. The van der Waals surface area contributed by atoms with Crippen molar-refractivity contribution >= 4 is 17.7 Å². The second kappa shape index (κ2) is 3.97. The number of ether oxygens (including phenoxy) is 1. The molecule has 0 spiro atoms. The minimum absolute atomic E-state index is 0.0980. The molecule has 1 unspecified atom stereocenters. The highest BCUT2D eigenvalue weighted by atomic mass is 19.4. The van der Waals surface area contributed by atoms with Gasteiger partial charge in [-0.2, -0.15) is 13.2 Å². The van der Waals surface area contributed by atoms with Crippen LogP contribution in [0.15, 0.2) is 24.3 Å². The Morgan fingerprint density at radius 1 is 1.32 bits per heavy atom. The van der Waals surface area contributed by atoms with Crippen LogP contribution in [0.2, 0.25) is 0 Å². The quantitative estimate of drug-likeness (QED) is 0.730. The average Bonchev–Trinajstić information content (AvgIpc) is 2.59. The topological polar surface area (TPSA) is 46.6 Å². The van der Waals surface area contributed by atoms with E-state index in [4.69, 9.17) is 0 Å². The molecule has 1 aliphatic heterocycles. The van der Waals surface area contributed by atoms with E-state index in [2.05, 4.69) is 4.74 Å². The van der Waals surface area contributed by atoms with Crippen LogP contribution in [0.25, 0.3) is 0 Å². The molecule has 1 heterocycles. The predicted octanol–water partition coefficient (Wildman–Crippen LogP) is 2.62. The number of benzene rings is 1. The normalized spacial score (nSPS) is 22.4. The van der Waals surface area contributed by atoms with Gasteiger partial charge in [0.2, 0.25) is 0 Å². The van der Waals surface area contributed by atoms with Gasteiger partial charge in [0.1, 0.15) is 0 Å². The highest BCUT2D eigenvalue weighted by Gasteiger charge is 2.65. The summed E-state index contributed by atoms with van der Waals surface area (Å²) >= 11 is 0. The van der Waals surface area contributed by atoms with Gasteiger partial charge in [0, 0.05) is 5.56 Å². The van der Waals surface area contributed by atoms with Gasteiger partial charge in [0.15, 0.2) is 5.41 Å². The van der Waals surface area contributed by atoms with E-state index in [1.54, 1.807) is 0 Å². The zero-order chi connectivity index (χ0) is 14.4. The van der Waals surface area contributed by atoms with Crippen molar-refractivity contribution in [3.8, 4) is 0 Å². The first-order valence-electron chi connectivity index (χ1n) is 5.34. The number of halogens is 3. The highest BCUT2D eigenvalue weighted by Crippen LogP contribution is 2.50. The second-order valence-corrected chi connectivity index (χ2v) is 4.25. The summed E-state index contributed by atoms with van der Waals surface area (Å²) in [7, 11) is 1.00. The van der Waals surface area contributed by atoms with E-state index in [1.165, 1.54) is 24.3 Å². The third kappa shape index (κ3) is 1.61. The summed E-state index contributed by atoms with van der Waals surface area (Å²) in [5.74, 6) is -1.35. The molecule has 0 saturated heterocycles. The minimum atomic E-state index is -4.80. The van der Waals surface area contributed by atoms with Crippen LogP contribution in [-0.4, -0.2) is 25.3 Å². The van der Waals surface area contributed by atoms with Crippen LogP contribution in [0.5, 0.6) is 0 Å². The van der Waals surface area contributed by atoms with E-state index in [-0.39, 0.29) is 11.3 Å². The predicted molar refractivity (Wildman–Crippen MR) is 59.7 cm³/mol. The fourth-order valence-corrected chi connectivity index (χ4v) is 2.09. The fraction of sp³-hybridized carbons (Fsp3) is 0.333. The van der Waals surface area contributed by atoms with Gasteiger partial charge in [-0.15, -0.1) is 0 Å². The van der Waals surface area contributed by atoms with E-state index >= 15 is 0 Å². The van der Waals surface area contributed by atoms with Crippen LogP contribution >= 0.6 is 0 Å². The third-order valence-corrected chi connectivity index (χ3v) is 3.24. The lowest BCUT2D eigenvalue weighted by Crippen LogP contribution is -2.50. The largest absolute Gasteiger partial charge is 0.452 e. The van der Waals surface area contributed by atoms with Crippen molar-refractivity contribution in [3.05, 3.63) is 29.8 Å². The molecule has 0 fully saturated rings. The van der Waals surface area contributed by atoms with Crippen molar-refractivity contribution in [2.24, 2.45) is 0 Å². The molecule has 1 atom stereocenters. The molecule has 1 aromatic rings. The number of carbonyl (C=O) groups excluding carboxylic acids is 2. The summed E-state index contributed by atoms with van der Waals surface area (Å²) in [5.41, 5.74) is -3.09. The van der Waals surface area contributed by atoms with E-state index < -0.39 is 23.6 Å². The molecule has 19 heavy (non-hydrogen) atoms. The Labute approximate surface area is 106 Å². The molecule has 1 aromatic carbocycles. The third-order valence-electron chi connectivity index (χ3n) is 3.24. The summed E-state index contributed by atoms with van der Waals surface area (Å²) in [6.07, 6.45) is -5.94. The molecule has 0 aromatic heterocycles. The van der Waals surface area contributed by atoms with Gasteiger partial charge in [0.25, 0.3) is 5.91 Å². The number of methoxy groups -OCH3 is 1.